The highest BCUT2D eigenvalue weighted by Gasteiger charge is 2.31. The number of carbonyl (C=O) groups excluding carboxylic acids is 1. The molecule has 0 atom stereocenters. The van der Waals surface area contributed by atoms with E-state index in [0.717, 1.165) is 18.2 Å². The van der Waals surface area contributed by atoms with Crippen molar-refractivity contribution in [3.63, 3.8) is 0 Å². The topological polar surface area (TPSA) is 29.1 Å². The maximum atomic E-state index is 13.6. The molecular formula is C15H18BrClFNO. The standard InChI is InChI=1S/C15H18BrClFNO/c16-9-15(6-2-1-3-7-15)10-19-14(20)12-8-11(17)4-5-13(12)18/h4-5,8H,1-3,6-7,9-10H2,(H,19,20). The van der Waals surface area contributed by atoms with Crippen molar-refractivity contribution in [1.29, 1.82) is 0 Å². The largest absolute Gasteiger partial charge is 0.351 e. The van der Waals surface area contributed by atoms with Gasteiger partial charge in [-0.1, -0.05) is 46.8 Å². The third-order valence-corrected chi connectivity index (χ3v) is 5.42. The van der Waals surface area contributed by atoms with Crippen molar-refractivity contribution in [2.24, 2.45) is 5.41 Å². The van der Waals surface area contributed by atoms with Crippen molar-refractivity contribution >= 4 is 33.4 Å². The van der Waals surface area contributed by atoms with E-state index in [1.807, 2.05) is 0 Å². The maximum Gasteiger partial charge on any atom is 0.254 e. The second-order valence-electron chi connectivity index (χ2n) is 5.50. The Balaban J connectivity index is 2.02. The van der Waals surface area contributed by atoms with E-state index in [4.69, 9.17) is 11.6 Å². The minimum Gasteiger partial charge on any atom is -0.351 e. The summed E-state index contributed by atoms with van der Waals surface area (Å²) in [5.41, 5.74) is 0.112. The summed E-state index contributed by atoms with van der Waals surface area (Å²) in [4.78, 5) is 12.1. The number of hydrogen-bond acceptors (Lipinski definition) is 1. The van der Waals surface area contributed by atoms with Crippen LogP contribution >= 0.6 is 27.5 Å². The lowest BCUT2D eigenvalue weighted by atomic mass is 9.75. The SMILES string of the molecule is O=C(NCC1(CBr)CCCCC1)c1cc(Cl)ccc1F. The van der Waals surface area contributed by atoms with Crippen LogP contribution in [0.4, 0.5) is 4.39 Å². The third-order valence-electron chi connectivity index (χ3n) is 3.99. The lowest BCUT2D eigenvalue weighted by Gasteiger charge is -2.35. The van der Waals surface area contributed by atoms with Crippen LogP contribution in [0.5, 0.6) is 0 Å². The summed E-state index contributed by atoms with van der Waals surface area (Å²) < 4.78 is 13.6. The average molecular weight is 363 g/mol. The number of alkyl halides is 1. The molecule has 2 nitrogen and oxygen atoms in total. The van der Waals surface area contributed by atoms with E-state index >= 15 is 0 Å². The summed E-state index contributed by atoms with van der Waals surface area (Å²) in [6.45, 7) is 0.572. The first-order chi connectivity index (χ1) is 9.56. The van der Waals surface area contributed by atoms with E-state index in [9.17, 15) is 9.18 Å². The quantitative estimate of drug-likeness (QED) is 0.782. The van der Waals surface area contributed by atoms with Gasteiger partial charge in [-0.05, 0) is 36.5 Å². The molecule has 0 aliphatic heterocycles. The molecule has 1 aromatic rings. The molecule has 110 valence electrons. The highest BCUT2D eigenvalue weighted by atomic mass is 79.9. The zero-order valence-corrected chi connectivity index (χ0v) is 13.6. The van der Waals surface area contributed by atoms with Crippen molar-refractivity contribution in [3.8, 4) is 0 Å². The van der Waals surface area contributed by atoms with E-state index in [1.165, 1.54) is 37.5 Å². The summed E-state index contributed by atoms with van der Waals surface area (Å²) in [6, 6.07) is 4.03. The van der Waals surface area contributed by atoms with E-state index in [-0.39, 0.29) is 11.0 Å². The molecule has 1 N–H and O–H groups in total. The number of halogens is 3. The zero-order chi connectivity index (χ0) is 14.6. The molecule has 1 aromatic carbocycles. The van der Waals surface area contributed by atoms with Crippen LogP contribution in [0, 0.1) is 11.2 Å². The Bertz CT molecular complexity index is 489. The molecule has 0 bridgehead atoms. The van der Waals surface area contributed by atoms with Crippen LogP contribution in [-0.2, 0) is 0 Å². The third kappa shape index (κ3) is 3.73. The van der Waals surface area contributed by atoms with Gasteiger partial charge in [-0.15, -0.1) is 0 Å². The van der Waals surface area contributed by atoms with Gasteiger partial charge in [0.1, 0.15) is 5.82 Å². The normalized spacial score (nSPS) is 17.8. The smallest absolute Gasteiger partial charge is 0.254 e. The average Bonchev–Trinajstić information content (AvgIpc) is 2.48. The first-order valence-corrected chi connectivity index (χ1v) is 8.35. The Kier molecular flexibility index (Phi) is 5.44. The van der Waals surface area contributed by atoms with Gasteiger partial charge in [0, 0.05) is 16.9 Å². The predicted octanol–water partition coefficient (Wildman–Crippen LogP) is 4.55. The van der Waals surface area contributed by atoms with Gasteiger partial charge in [-0.3, -0.25) is 4.79 Å². The number of benzene rings is 1. The molecule has 1 aliphatic carbocycles. The Hall–Kier alpha value is -0.610. The van der Waals surface area contributed by atoms with Crippen LogP contribution in [0.15, 0.2) is 18.2 Å². The summed E-state index contributed by atoms with van der Waals surface area (Å²) in [7, 11) is 0. The Morgan fingerprint density at radius 1 is 1.35 bits per heavy atom. The number of carbonyl (C=O) groups is 1. The number of hydrogen-bond donors (Lipinski definition) is 1. The molecule has 1 amide bonds. The molecule has 1 saturated carbocycles. The predicted molar refractivity (Wildman–Crippen MR) is 83.1 cm³/mol. The van der Waals surface area contributed by atoms with Gasteiger partial charge in [0.2, 0.25) is 0 Å². The number of amides is 1. The fourth-order valence-corrected chi connectivity index (χ4v) is 3.63. The zero-order valence-electron chi connectivity index (χ0n) is 11.2. The van der Waals surface area contributed by atoms with Gasteiger partial charge < -0.3 is 5.32 Å². The van der Waals surface area contributed by atoms with Crippen molar-refractivity contribution in [2.45, 2.75) is 32.1 Å². The molecule has 5 heteroatoms. The minimum atomic E-state index is -0.538. The van der Waals surface area contributed by atoms with Crippen molar-refractivity contribution in [2.75, 3.05) is 11.9 Å². The van der Waals surface area contributed by atoms with Crippen LogP contribution in [0.3, 0.4) is 0 Å². The second kappa shape index (κ2) is 6.90. The van der Waals surface area contributed by atoms with Gasteiger partial charge >= 0.3 is 0 Å². The Morgan fingerprint density at radius 2 is 2.05 bits per heavy atom. The molecule has 1 fully saturated rings. The number of nitrogens with one attached hydrogen (secondary N) is 1. The van der Waals surface area contributed by atoms with Gasteiger partial charge in [-0.2, -0.15) is 0 Å². The van der Waals surface area contributed by atoms with Crippen LogP contribution in [0.1, 0.15) is 42.5 Å². The molecule has 0 aromatic heterocycles. The van der Waals surface area contributed by atoms with Gasteiger partial charge in [0.05, 0.1) is 5.56 Å². The molecule has 0 heterocycles. The fourth-order valence-electron chi connectivity index (χ4n) is 2.69. The summed E-state index contributed by atoms with van der Waals surface area (Å²) in [6.07, 6.45) is 5.82. The highest BCUT2D eigenvalue weighted by molar-refractivity contribution is 9.09. The summed E-state index contributed by atoms with van der Waals surface area (Å²) >= 11 is 9.36. The molecule has 0 saturated heterocycles. The lowest BCUT2D eigenvalue weighted by Crippen LogP contribution is -2.40. The molecule has 2 rings (SSSR count). The first kappa shape index (κ1) is 15.8. The van der Waals surface area contributed by atoms with Crippen LogP contribution in [0.2, 0.25) is 5.02 Å². The van der Waals surface area contributed by atoms with Crippen LogP contribution in [-0.4, -0.2) is 17.8 Å². The van der Waals surface area contributed by atoms with Gasteiger partial charge in [-0.25, -0.2) is 4.39 Å². The van der Waals surface area contributed by atoms with Crippen molar-refractivity contribution in [3.05, 3.63) is 34.6 Å². The van der Waals surface area contributed by atoms with E-state index in [2.05, 4.69) is 21.2 Å². The lowest BCUT2D eigenvalue weighted by molar-refractivity contribution is 0.0918. The Labute approximate surface area is 132 Å². The van der Waals surface area contributed by atoms with Crippen LogP contribution < -0.4 is 5.32 Å². The van der Waals surface area contributed by atoms with Gasteiger partial charge in [0.15, 0.2) is 0 Å². The van der Waals surface area contributed by atoms with Crippen molar-refractivity contribution < 1.29 is 9.18 Å². The summed E-state index contributed by atoms with van der Waals surface area (Å²) in [5, 5.41) is 4.09. The maximum absolute atomic E-state index is 13.6. The number of rotatable bonds is 4. The molecule has 1 aliphatic rings. The van der Waals surface area contributed by atoms with Gasteiger partial charge in [0.25, 0.3) is 5.91 Å². The van der Waals surface area contributed by atoms with E-state index in [0.29, 0.717) is 11.6 Å². The second-order valence-corrected chi connectivity index (χ2v) is 6.50. The fraction of sp³-hybridized carbons (Fsp3) is 0.533. The molecule has 0 spiro atoms. The minimum absolute atomic E-state index is 0.0121. The van der Waals surface area contributed by atoms with Crippen LogP contribution in [0.25, 0.3) is 0 Å². The molecule has 0 radical (unpaired) electrons. The molecule has 0 unspecified atom stereocenters. The molecule has 20 heavy (non-hydrogen) atoms. The van der Waals surface area contributed by atoms with Crippen molar-refractivity contribution in [1.82, 2.24) is 5.32 Å². The monoisotopic (exact) mass is 361 g/mol. The van der Waals surface area contributed by atoms with E-state index < -0.39 is 11.7 Å². The van der Waals surface area contributed by atoms with E-state index in [1.54, 1.807) is 0 Å². The molecular weight excluding hydrogens is 345 g/mol. The Morgan fingerprint density at radius 3 is 2.70 bits per heavy atom. The first-order valence-electron chi connectivity index (χ1n) is 6.86. The highest BCUT2D eigenvalue weighted by Crippen LogP contribution is 2.37. The summed E-state index contributed by atoms with van der Waals surface area (Å²) in [5.74, 6) is -0.931.